The minimum Gasteiger partial charge on any atom is -0.222 e. The Morgan fingerprint density at radius 3 is 2.07 bits per heavy atom. The summed E-state index contributed by atoms with van der Waals surface area (Å²) in [4.78, 5) is 0. The molecule has 2 nitrogen and oxygen atoms in total. The predicted molar refractivity (Wildman–Crippen MR) is 35.6 cm³/mol. The van der Waals surface area contributed by atoms with Gasteiger partial charge in [-0.15, -0.1) is 8.78 Å². The number of hydrogen-bond donors (Lipinski definition) is 0. The van der Waals surface area contributed by atoms with Crippen molar-refractivity contribution in [1.82, 2.24) is 5.10 Å². The highest BCUT2D eigenvalue weighted by Crippen LogP contribution is 2.34. The van der Waals surface area contributed by atoms with Gasteiger partial charge in [0.1, 0.15) is 0 Å². The molecular weight excluding hydrogens is 226 g/mol. The molecule has 0 aromatic carbocycles. The third kappa shape index (κ3) is 2.37. The van der Waals surface area contributed by atoms with Crippen LogP contribution in [0.15, 0.2) is 24.5 Å². The third-order valence-electron chi connectivity index (χ3n) is 1.51. The van der Waals surface area contributed by atoms with Gasteiger partial charge in [-0.05, 0) is 15.8 Å². The van der Waals surface area contributed by atoms with Crippen LogP contribution in [0, 0.1) is 0 Å². The summed E-state index contributed by atoms with van der Waals surface area (Å²) in [5.41, 5.74) is 0. The minimum absolute atomic E-state index is 0.370. The summed E-state index contributed by atoms with van der Waals surface area (Å²) < 4.78 is 73.0. The Bertz CT molecular complexity index is 322. The summed E-state index contributed by atoms with van der Waals surface area (Å²) in [6.45, 7) is 0. The second-order valence-electron chi connectivity index (χ2n) is 2.64. The minimum atomic E-state index is -5.63. The summed E-state index contributed by atoms with van der Waals surface area (Å²) in [5, 5.41) is 2.91. The van der Waals surface area contributed by atoms with Crippen molar-refractivity contribution in [2.45, 2.75) is 18.4 Å². The lowest BCUT2D eigenvalue weighted by Gasteiger charge is -2.15. The summed E-state index contributed by atoms with van der Waals surface area (Å²) in [6, 6.07) is -2.52. The van der Waals surface area contributed by atoms with Gasteiger partial charge in [0.05, 0.1) is 6.20 Å². The van der Waals surface area contributed by atoms with Crippen molar-refractivity contribution in [2.75, 3.05) is 0 Å². The molecule has 1 heterocycles. The van der Waals surface area contributed by atoms with Crippen LogP contribution in [0.4, 0.5) is 26.3 Å². The molecule has 0 aliphatic rings. The van der Waals surface area contributed by atoms with Crippen molar-refractivity contribution in [1.29, 1.82) is 0 Å². The number of aromatic nitrogens is 2. The zero-order valence-electron chi connectivity index (χ0n) is 7.05. The van der Waals surface area contributed by atoms with E-state index in [0.29, 0.717) is 6.20 Å². The molecule has 0 saturated carbocycles. The Hall–Kier alpha value is -1.34. The maximum absolute atomic E-state index is 12.9. The summed E-state index contributed by atoms with van der Waals surface area (Å²) >= 11 is 0. The zero-order chi connectivity index (χ0) is 11.7. The lowest BCUT2D eigenvalue weighted by atomic mass is 10.3. The Kier molecular flexibility index (Phi) is 2.87. The van der Waals surface area contributed by atoms with Crippen molar-refractivity contribution in [3.63, 3.8) is 0 Å². The first kappa shape index (κ1) is 11.7. The lowest BCUT2D eigenvalue weighted by Crippen LogP contribution is -2.61. The van der Waals surface area contributed by atoms with E-state index in [2.05, 4.69) is 5.10 Å². The molecule has 0 radical (unpaired) electrons. The van der Waals surface area contributed by atoms with Gasteiger partial charge in [-0.2, -0.15) is 13.2 Å². The van der Waals surface area contributed by atoms with Gasteiger partial charge in [-0.3, -0.25) is 0 Å². The smallest absolute Gasteiger partial charge is 0.222 e. The first-order valence-electron chi connectivity index (χ1n) is 3.68. The van der Waals surface area contributed by atoms with E-state index in [1.165, 1.54) is 6.07 Å². The predicted octanol–water partition coefficient (Wildman–Crippen LogP) is 1.82. The molecule has 1 rings (SSSR count). The van der Waals surface area contributed by atoms with E-state index in [9.17, 15) is 26.3 Å². The van der Waals surface area contributed by atoms with Crippen LogP contribution >= 0.6 is 0 Å². The number of alkyl halides is 6. The molecule has 0 bridgehead atoms. The van der Waals surface area contributed by atoms with Crippen molar-refractivity contribution >= 4 is 0 Å². The molecular formula is C7H5F6N2+. The SMILES string of the molecule is FC(C(F)(F)F)C(F)(F)[n+]1ccccn1. The van der Waals surface area contributed by atoms with Crippen LogP contribution < -0.4 is 4.68 Å². The van der Waals surface area contributed by atoms with E-state index in [-0.39, 0.29) is 4.68 Å². The topological polar surface area (TPSA) is 16.8 Å². The van der Waals surface area contributed by atoms with E-state index in [0.717, 1.165) is 12.3 Å². The van der Waals surface area contributed by atoms with E-state index in [4.69, 9.17) is 0 Å². The van der Waals surface area contributed by atoms with E-state index in [1.54, 1.807) is 0 Å². The highest BCUT2D eigenvalue weighted by Gasteiger charge is 2.65. The van der Waals surface area contributed by atoms with Gasteiger partial charge in [0.15, 0.2) is 0 Å². The first-order valence-corrected chi connectivity index (χ1v) is 3.68. The fourth-order valence-corrected chi connectivity index (χ4v) is 0.819. The Morgan fingerprint density at radius 1 is 1.07 bits per heavy atom. The molecule has 0 saturated heterocycles. The van der Waals surface area contributed by atoms with Crippen molar-refractivity contribution < 1.29 is 31.0 Å². The van der Waals surface area contributed by atoms with E-state index in [1.807, 2.05) is 0 Å². The van der Waals surface area contributed by atoms with Crippen LogP contribution in [0.1, 0.15) is 0 Å². The van der Waals surface area contributed by atoms with Gasteiger partial charge in [-0.25, -0.2) is 4.39 Å². The molecule has 1 aromatic heterocycles. The molecule has 1 unspecified atom stereocenters. The van der Waals surface area contributed by atoms with Crippen LogP contribution in [0.2, 0.25) is 0 Å². The maximum atomic E-state index is 12.9. The fourth-order valence-electron chi connectivity index (χ4n) is 0.819. The number of rotatable bonds is 2. The van der Waals surface area contributed by atoms with E-state index >= 15 is 0 Å². The van der Waals surface area contributed by atoms with Crippen LogP contribution in [0.25, 0.3) is 0 Å². The third-order valence-corrected chi connectivity index (χ3v) is 1.51. The second-order valence-corrected chi connectivity index (χ2v) is 2.64. The van der Waals surface area contributed by atoms with Crippen LogP contribution in [-0.4, -0.2) is 17.4 Å². The molecule has 0 aliphatic carbocycles. The summed E-state index contributed by atoms with van der Waals surface area (Å²) in [6.07, 6.45) is -8.53. The number of halogens is 6. The molecule has 15 heavy (non-hydrogen) atoms. The van der Waals surface area contributed by atoms with Crippen LogP contribution in [0.3, 0.4) is 0 Å². The molecule has 0 amide bonds. The van der Waals surface area contributed by atoms with Gasteiger partial charge in [0, 0.05) is 6.07 Å². The van der Waals surface area contributed by atoms with Gasteiger partial charge in [0.25, 0.3) is 0 Å². The monoisotopic (exact) mass is 231 g/mol. The largest absolute Gasteiger partial charge is 0.526 e. The molecule has 0 fully saturated rings. The Morgan fingerprint density at radius 2 is 1.67 bits per heavy atom. The molecule has 1 aromatic rings. The van der Waals surface area contributed by atoms with Crippen molar-refractivity contribution in [3.05, 3.63) is 24.5 Å². The second kappa shape index (κ2) is 3.67. The fraction of sp³-hybridized carbons (Fsp3) is 0.429. The summed E-state index contributed by atoms with van der Waals surface area (Å²) in [7, 11) is 0. The molecule has 0 spiro atoms. The molecule has 84 valence electrons. The van der Waals surface area contributed by atoms with Gasteiger partial charge in [-0.1, -0.05) is 0 Å². The molecule has 0 N–H and O–H groups in total. The number of hydrogen-bond acceptors (Lipinski definition) is 1. The van der Waals surface area contributed by atoms with Crippen molar-refractivity contribution in [3.8, 4) is 0 Å². The zero-order valence-corrected chi connectivity index (χ0v) is 7.05. The maximum Gasteiger partial charge on any atom is 0.526 e. The standard InChI is InChI=1S/C7H5F6N2/c8-5(6(9,10)11)7(12,13)15-4-2-1-3-14-15/h1-5H/q+1. The van der Waals surface area contributed by atoms with Gasteiger partial charge in [0.2, 0.25) is 6.20 Å². The molecule has 0 aliphatic heterocycles. The molecule has 8 heteroatoms. The van der Waals surface area contributed by atoms with E-state index < -0.39 is 18.4 Å². The van der Waals surface area contributed by atoms with Gasteiger partial charge >= 0.3 is 18.4 Å². The normalized spacial score (nSPS) is 15.1. The Balaban J connectivity index is 3.03. The number of nitrogens with zero attached hydrogens (tertiary/aromatic N) is 2. The Labute approximate surface area is 80.1 Å². The lowest BCUT2D eigenvalue weighted by molar-refractivity contribution is -0.876. The highest BCUT2D eigenvalue weighted by molar-refractivity contribution is 4.78. The first-order chi connectivity index (χ1) is 6.76. The van der Waals surface area contributed by atoms with Crippen molar-refractivity contribution in [2.24, 2.45) is 0 Å². The van der Waals surface area contributed by atoms with Crippen LogP contribution in [-0.2, 0) is 6.05 Å². The van der Waals surface area contributed by atoms with Crippen LogP contribution in [0.5, 0.6) is 0 Å². The average molecular weight is 231 g/mol. The highest BCUT2D eigenvalue weighted by atomic mass is 19.4. The average Bonchev–Trinajstić information content (AvgIpc) is 2.16. The quantitative estimate of drug-likeness (QED) is 0.560. The summed E-state index contributed by atoms with van der Waals surface area (Å²) in [5.74, 6) is 0. The van der Waals surface area contributed by atoms with Gasteiger partial charge < -0.3 is 0 Å². The molecule has 1 atom stereocenters.